The van der Waals surface area contributed by atoms with Crippen molar-refractivity contribution in [2.45, 2.75) is 25.3 Å². The third-order valence-corrected chi connectivity index (χ3v) is 6.13. The first kappa shape index (κ1) is 17.2. The van der Waals surface area contributed by atoms with E-state index >= 15 is 0 Å². The Bertz CT molecular complexity index is 1010. The summed E-state index contributed by atoms with van der Waals surface area (Å²) >= 11 is 0. The van der Waals surface area contributed by atoms with E-state index in [0.717, 1.165) is 48.3 Å². The lowest BCUT2D eigenvalue weighted by Gasteiger charge is -2.36. The van der Waals surface area contributed by atoms with Gasteiger partial charge in [0.1, 0.15) is 5.82 Å². The van der Waals surface area contributed by atoms with E-state index < -0.39 is 0 Å². The average molecular weight is 375 g/mol. The Labute approximate surface area is 163 Å². The fraction of sp³-hybridized carbons (Fsp3) is 0.304. The van der Waals surface area contributed by atoms with Crippen molar-refractivity contribution in [3.8, 4) is 11.3 Å². The summed E-state index contributed by atoms with van der Waals surface area (Å²) in [6.45, 7) is 1.45. The van der Waals surface area contributed by atoms with E-state index in [1.807, 2.05) is 53.8 Å². The molecule has 1 unspecified atom stereocenters. The maximum Gasteiger partial charge on any atom is 0.226 e. The molecule has 0 radical (unpaired) electrons. The second kappa shape index (κ2) is 6.89. The highest BCUT2D eigenvalue weighted by molar-refractivity contribution is 5.79. The van der Waals surface area contributed by atoms with Crippen molar-refractivity contribution < 1.29 is 9.18 Å². The van der Waals surface area contributed by atoms with Gasteiger partial charge in [0.2, 0.25) is 5.91 Å². The minimum atomic E-state index is -0.145. The molecule has 0 aliphatic carbocycles. The van der Waals surface area contributed by atoms with Crippen molar-refractivity contribution in [2.24, 2.45) is 5.92 Å². The van der Waals surface area contributed by atoms with E-state index in [4.69, 9.17) is 0 Å². The van der Waals surface area contributed by atoms with Gasteiger partial charge in [0.05, 0.1) is 30.7 Å². The highest BCUT2D eigenvalue weighted by Crippen LogP contribution is 2.46. The number of likely N-dealkylation sites (tertiary alicyclic amines) is 1. The molecule has 1 atom stereocenters. The predicted octanol–water partition coefficient (Wildman–Crippen LogP) is 4.07. The van der Waals surface area contributed by atoms with Crippen LogP contribution in [-0.4, -0.2) is 33.4 Å². The SMILES string of the molecule is O=C(Cc1ccccc1)N1CCC(C2c3c(F)cccc3-c3cncn32)CC1. The maximum atomic E-state index is 14.7. The summed E-state index contributed by atoms with van der Waals surface area (Å²) in [6.07, 6.45) is 5.81. The molecule has 28 heavy (non-hydrogen) atoms. The van der Waals surface area contributed by atoms with Crippen molar-refractivity contribution >= 4 is 5.91 Å². The summed E-state index contributed by atoms with van der Waals surface area (Å²) in [4.78, 5) is 18.9. The minimum absolute atomic E-state index is 0.0277. The average Bonchev–Trinajstić information content (AvgIpc) is 3.31. The highest BCUT2D eigenvalue weighted by Gasteiger charge is 2.38. The molecule has 0 spiro atoms. The number of hydrogen-bond donors (Lipinski definition) is 0. The molecule has 0 saturated carbocycles. The third-order valence-electron chi connectivity index (χ3n) is 6.13. The number of piperidine rings is 1. The standard InChI is InChI=1S/C23H22FN3O/c24-19-8-4-7-18-20-14-25-15-27(20)23(22(18)19)17-9-11-26(12-10-17)21(28)13-16-5-2-1-3-6-16/h1-8,14-15,17,23H,9-13H2. The quantitative estimate of drug-likeness (QED) is 0.692. The molecule has 142 valence electrons. The second-order valence-corrected chi connectivity index (χ2v) is 7.71. The molecule has 1 saturated heterocycles. The molecule has 4 nitrogen and oxygen atoms in total. The van der Waals surface area contributed by atoms with Gasteiger partial charge in [-0.25, -0.2) is 9.37 Å². The first-order chi connectivity index (χ1) is 13.7. The number of benzene rings is 2. The largest absolute Gasteiger partial charge is 0.342 e. The number of carbonyl (C=O) groups is 1. The zero-order chi connectivity index (χ0) is 19.1. The monoisotopic (exact) mass is 375 g/mol. The van der Waals surface area contributed by atoms with Crippen LogP contribution in [0, 0.1) is 11.7 Å². The van der Waals surface area contributed by atoms with Gasteiger partial charge in [-0.1, -0.05) is 42.5 Å². The Morgan fingerprint density at radius 2 is 1.86 bits per heavy atom. The Hall–Kier alpha value is -2.95. The van der Waals surface area contributed by atoms with Crippen LogP contribution in [0.15, 0.2) is 61.1 Å². The Morgan fingerprint density at radius 1 is 1.07 bits per heavy atom. The van der Waals surface area contributed by atoms with E-state index in [1.54, 1.807) is 12.1 Å². The van der Waals surface area contributed by atoms with Gasteiger partial charge >= 0.3 is 0 Å². The molecule has 1 amide bonds. The topological polar surface area (TPSA) is 38.1 Å². The summed E-state index contributed by atoms with van der Waals surface area (Å²) in [5, 5.41) is 0. The fourth-order valence-electron chi connectivity index (χ4n) is 4.74. The molecule has 3 heterocycles. The molecular formula is C23H22FN3O. The van der Waals surface area contributed by atoms with Gasteiger partial charge in [-0.3, -0.25) is 4.79 Å². The van der Waals surface area contributed by atoms with Crippen LogP contribution >= 0.6 is 0 Å². The van der Waals surface area contributed by atoms with Crippen molar-refractivity contribution in [3.63, 3.8) is 0 Å². The lowest BCUT2D eigenvalue weighted by atomic mass is 9.85. The minimum Gasteiger partial charge on any atom is -0.342 e. The van der Waals surface area contributed by atoms with Gasteiger partial charge < -0.3 is 9.47 Å². The molecule has 2 aromatic carbocycles. The van der Waals surface area contributed by atoms with Crippen LogP contribution in [0.3, 0.4) is 0 Å². The zero-order valence-corrected chi connectivity index (χ0v) is 15.6. The van der Waals surface area contributed by atoms with Crippen molar-refractivity contribution in [1.29, 1.82) is 0 Å². The number of halogens is 1. The van der Waals surface area contributed by atoms with E-state index in [2.05, 4.69) is 9.55 Å². The van der Waals surface area contributed by atoms with Crippen molar-refractivity contribution in [3.05, 3.63) is 78.0 Å². The van der Waals surface area contributed by atoms with Gasteiger partial charge in [0, 0.05) is 24.2 Å². The number of amides is 1. The molecule has 5 rings (SSSR count). The number of carbonyl (C=O) groups excluding carboxylic acids is 1. The van der Waals surface area contributed by atoms with Crippen LogP contribution in [0.4, 0.5) is 4.39 Å². The molecule has 1 aromatic heterocycles. The Morgan fingerprint density at radius 3 is 2.64 bits per heavy atom. The van der Waals surface area contributed by atoms with Crippen LogP contribution < -0.4 is 0 Å². The Balaban J connectivity index is 1.32. The third kappa shape index (κ3) is 2.82. The number of nitrogens with zero attached hydrogens (tertiary/aromatic N) is 3. The van der Waals surface area contributed by atoms with E-state index in [1.165, 1.54) is 0 Å². The van der Waals surface area contributed by atoms with Gasteiger partial charge in [-0.2, -0.15) is 0 Å². The maximum absolute atomic E-state index is 14.7. The number of imidazole rings is 1. The van der Waals surface area contributed by atoms with Gasteiger partial charge in [0.25, 0.3) is 0 Å². The summed E-state index contributed by atoms with van der Waals surface area (Å²) < 4.78 is 16.8. The molecule has 2 aliphatic heterocycles. The van der Waals surface area contributed by atoms with Gasteiger partial charge in [-0.05, 0) is 30.4 Å². The normalized spacial score (nSPS) is 18.8. The number of aromatic nitrogens is 2. The lowest BCUT2D eigenvalue weighted by Crippen LogP contribution is -2.41. The molecule has 1 fully saturated rings. The number of hydrogen-bond acceptors (Lipinski definition) is 2. The molecule has 3 aromatic rings. The first-order valence-electron chi connectivity index (χ1n) is 9.84. The fourth-order valence-corrected chi connectivity index (χ4v) is 4.74. The van der Waals surface area contributed by atoms with Crippen LogP contribution in [0.25, 0.3) is 11.3 Å². The molecule has 0 N–H and O–H groups in total. The van der Waals surface area contributed by atoms with Crippen LogP contribution in [0.2, 0.25) is 0 Å². The summed E-state index contributed by atoms with van der Waals surface area (Å²) in [5.74, 6) is 0.326. The van der Waals surface area contributed by atoms with Gasteiger partial charge in [-0.15, -0.1) is 0 Å². The number of fused-ring (bicyclic) bond motifs is 3. The van der Waals surface area contributed by atoms with Crippen LogP contribution in [0.5, 0.6) is 0 Å². The highest BCUT2D eigenvalue weighted by atomic mass is 19.1. The smallest absolute Gasteiger partial charge is 0.226 e. The van der Waals surface area contributed by atoms with Crippen molar-refractivity contribution in [1.82, 2.24) is 14.5 Å². The summed E-state index contributed by atoms with van der Waals surface area (Å²) in [7, 11) is 0. The van der Waals surface area contributed by atoms with Crippen LogP contribution in [0.1, 0.15) is 30.0 Å². The van der Waals surface area contributed by atoms with Crippen molar-refractivity contribution in [2.75, 3.05) is 13.1 Å². The summed E-state index contributed by atoms with van der Waals surface area (Å²) in [6, 6.07) is 15.1. The van der Waals surface area contributed by atoms with E-state index in [-0.39, 0.29) is 17.8 Å². The first-order valence-corrected chi connectivity index (χ1v) is 9.84. The van der Waals surface area contributed by atoms with Crippen LogP contribution in [-0.2, 0) is 11.2 Å². The van der Waals surface area contributed by atoms with E-state index in [0.29, 0.717) is 12.3 Å². The molecule has 0 bridgehead atoms. The Kier molecular flexibility index (Phi) is 4.23. The molecule has 5 heteroatoms. The number of rotatable bonds is 3. The van der Waals surface area contributed by atoms with Gasteiger partial charge in [0.15, 0.2) is 0 Å². The lowest BCUT2D eigenvalue weighted by molar-refractivity contribution is -0.132. The summed E-state index contributed by atoms with van der Waals surface area (Å²) in [5.41, 5.74) is 3.77. The predicted molar refractivity (Wildman–Crippen MR) is 105 cm³/mol. The molecule has 2 aliphatic rings. The zero-order valence-electron chi connectivity index (χ0n) is 15.6. The van der Waals surface area contributed by atoms with E-state index in [9.17, 15) is 9.18 Å². The second-order valence-electron chi connectivity index (χ2n) is 7.71. The molecular weight excluding hydrogens is 353 g/mol.